The summed E-state index contributed by atoms with van der Waals surface area (Å²) in [5.41, 5.74) is 1.31. The lowest BCUT2D eigenvalue weighted by atomic mass is 10.00. The number of carbonyl (C=O) groups excluding carboxylic acids is 1. The van der Waals surface area contributed by atoms with E-state index in [0.717, 1.165) is 5.56 Å². The molecule has 0 fully saturated rings. The van der Waals surface area contributed by atoms with Gasteiger partial charge in [-0.3, -0.25) is 4.79 Å². The minimum atomic E-state index is -0.730. The Kier molecular flexibility index (Phi) is 3.78. The van der Waals surface area contributed by atoms with E-state index in [2.05, 4.69) is 11.8 Å². The third kappa shape index (κ3) is 2.78. The third-order valence-electron chi connectivity index (χ3n) is 2.50. The van der Waals surface area contributed by atoms with Gasteiger partial charge in [0, 0.05) is 11.1 Å². The van der Waals surface area contributed by atoms with E-state index in [1.807, 2.05) is 36.6 Å². The molecule has 87 valence electrons. The van der Waals surface area contributed by atoms with E-state index >= 15 is 0 Å². The van der Waals surface area contributed by atoms with Crippen molar-refractivity contribution in [2.45, 2.75) is 5.92 Å². The zero-order valence-corrected chi connectivity index (χ0v) is 9.63. The Balaban J connectivity index is 2.29. The van der Waals surface area contributed by atoms with Crippen LogP contribution in [0.15, 0.2) is 54.6 Å². The molecule has 2 heteroatoms. The van der Waals surface area contributed by atoms with Gasteiger partial charge in [-0.2, -0.15) is 0 Å². The molecule has 0 spiro atoms. The summed E-state index contributed by atoms with van der Waals surface area (Å²) in [5, 5.41) is 9.66. The molecule has 0 heterocycles. The minimum absolute atomic E-state index is 0.0632. The lowest BCUT2D eigenvalue weighted by Crippen LogP contribution is -1.97. The number of benzene rings is 2. The van der Waals surface area contributed by atoms with Crippen LogP contribution in [0.3, 0.4) is 0 Å². The number of phenols is 1. The summed E-state index contributed by atoms with van der Waals surface area (Å²) in [7, 11) is 0. The summed E-state index contributed by atoms with van der Waals surface area (Å²) in [4.78, 5) is 10.9. The minimum Gasteiger partial charge on any atom is -0.508 e. The molecule has 2 aromatic carbocycles. The van der Waals surface area contributed by atoms with E-state index in [9.17, 15) is 9.90 Å². The van der Waals surface area contributed by atoms with Gasteiger partial charge in [0.25, 0.3) is 0 Å². The fourth-order valence-corrected chi connectivity index (χ4v) is 1.58. The van der Waals surface area contributed by atoms with Crippen LogP contribution in [-0.2, 0) is 4.79 Å². The molecule has 0 aromatic heterocycles. The first kappa shape index (κ1) is 11.9. The zero-order chi connectivity index (χ0) is 12.8. The largest absolute Gasteiger partial charge is 0.508 e. The molecular weight excluding hydrogens is 224 g/mol. The van der Waals surface area contributed by atoms with Crippen LogP contribution in [0, 0.1) is 11.8 Å². The second-order valence-corrected chi connectivity index (χ2v) is 3.75. The number of phenolic OH excluding ortho intramolecular Hbond substituents is 1. The molecule has 1 N–H and O–H groups in total. The molecule has 0 aliphatic carbocycles. The Hall–Kier alpha value is -2.53. The Bertz CT molecular complexity index is 591. The number of rotatable bonds is 2. The van der Waals surface area contributed by atoms with Crippen molar-refractivity contribution in [3.8, 4) is 17.6 Å². The first-order valence-electron chi connectivity index (χ1n) is 5.53. The van der Waals surface area contributed by atoms with Gasteiger partial charge in [0.2, 0.25) is 6.29 Å². The van der Waals surface area contributed by atoms with Gasteiger partial charge in [0.1, 0.15) is 11.7 Å². The highest BCUT2D eigenvalue weighted by atomic mass is 16.3. The maximum atomic E-state index is 10.9. The first-order chi connectivity index (χ1) is 8.81. The van der Waals surface area contributed by atoms with E-state index in [1.54, 1.807) is 18.2 Å². The van der Waals surface area contributed by atoms with Crippen LogP contribution in [-0.4, -0.2) is 11.4 Å². The van der Waals surface area contributed by atoms with Crippen LogP contribution >= 0.6 is 0 Å². The molecule has 0 saturated heterocycles. The lowest BCUT2D eigenvalue weighted by Gasteiger charge is -2.04. The van der Waals surface area contributed by atoms with Gasteiger partial charge in [-0.05, 0) is 18.2 Å². The van der Waals surface area contributed by atoms with E-state index < -0.39 is 5.92 Å². The van der Waals surface area contributed by atoms with Crippen LogP contribution < -0.4 is 0 Å². The van der Waals surface area contributed by atoms with Crippen molar-refractivity contribution >= 4 is 6.29 Å². The zero-order valence-electron chi connectivity index (χ0n) is 9.63. The van der Waals surface area contributed by atoms with Crippen molar-refractivity contribution in [2.24, 2.45) is 0 Å². The molecule has 0 aliphatic heterocycles. The van der Waals surface area contributed by atoms with Crippen molar-refractivity contribution in [3.05, 3.63) is 65.7 Å². The average molecular weight is 235 g/mol. The predicted octanol–water partition coefficient (Wildman–Crippen LogP) is 2.64. The topological polar surface area (TPSA) is 37.3 Å². The molecule has 0 aliphatic rings. The maximum absolute atomic E-state index is 10.9. The van der Waals surface area contributed by atoms with Gasteiger partial charge in [-0.1, -0.05) is 48.2 Å². The molecule has 2 aromatic rings. The van der Waals surface area contributed by atoms with Gasteiger partial charge in [-0.25, -0.2) is 0 Å². The highest BCUT2D eigenvalue weighted by Gasteiger charge is 2.11. The van der Waals surface area contributed by atoms with Gasteiger partial charge >= 0.3 is 0 Å². The second kappa shape index (κ2) is 5.70. The summed E-state index contributed by atoms with van der Waals surface area (Å²) in [6, 6.07) is 16.0. The van der Waals surface area contributed by atoms with Crippen molar-refractivity contribution in [1.82, 2.24) is 0 Å². The normalized spacial score (nSPS) is 11.1. The molecule has 1 unspecified atom stereocenters. The van der Waals surface area contributed by atoms with E-state index in [4.69, 9.17) is 0 Å². The second-order valence-electron chi connectivity index (χ2n) is 3.75. The van der Waals surface area contributed by atoms with E-state index in [0.29, 0.717) is 5.56 Å². The van der Waals surface area contributed by atoms with Crippen LogP contribution in [0.1, 0.15) is 17.0 Å². The van der Waals surface area contributed by atoms with Gasteiger partial charge in [0.05, 0.1) is 0 Å². The molecule has 0 amide bonds. The lowest BCUT2D eigenvalue weighted by molar-refractivity contribution is 0.467. The molecule has 0 saturated carbocycles. The number of hydrogen-bond donors (Lipinski definition) is 1. The van der Waals surface area contributed by atoms with Crippen molar-refractivity contribution in [1.29, 1.82) is 0 Å². The molecular formula is C16H11O2. The fourth-order valence-electron chi connectivity index (χ4n) is 1.58. The van der Waals surface area contributed by atoms with Crippen LogP contribution in [0.25, 0.3) is 0 Å². The Morgan fingerprint density at radius 2 is 1.61 bits per heavy atom. The fraction of sp³-hybridized carbons (Fsp3) is 0.0625. The van der Waals surface area contributed by atoms with Crippen LogP contribution in [0.2, 0.25) is 0 Å². The van der Waals surface area contributed by atoms with Crippen molar-refractivity contribution < 1.29 is 9.90 Å². The number of hydrogen-bond acceptors (Lipinski definition) is 2. The number of aromatic hydroxyl groups is 1. The standard InChI is InChI=1S/C16H11O2/c17-12-14(15-8-4-5-9-16(15)18)11-10-13-6-2-1-3-7-13/h1-9,14,18H. The Labute approximate surface area is 106 Å². The Morgan fingerprint density at radius 3 is 2.28 bits per heavy atom. The summed E-state index contributed by atoms with van der Waals surface area (Å²) in [6.45, 7) is 0. The predicted molar refractivity (Wildman–Crippen MR) is 69.9 cm³/mol. The molecule has 2 nitrogen and oxygen atoms in total. The monoisotopic (exact) mass is 235 g/mol. The third-order valence-corrected chi connectivity index (χ3v) is 2.50. The summed E-state index contributed by atoms with van der Waals surface area (Å²) in [5.74, 6) is 5.04. The summed E-state index contributed by atoms with van der Waals surface area (Å²) < 4.78 is 0. The molecule has 1 atom stereocenters. The molecule has 2 rings (SSSR count). The molecule has 0 bridgehead atoms. The quantitative estimate of drug-likeness (QED) is 0.812. The van der Waals surface area contributed by atoms with Gasteiger partial charge < -0.3 is 5.11 Å². The van der Waals surface area contributed by atoms with Crippen LogP contribution in [0.5, 0.6) is 5.75 Å². The van der Waals surface area contributed by atoms with Crippen molar-refractivity contribution in [3.63, 3.8) is 0 Å². The van der Waals surface area contributed by atoms with Gasteiger partial charge in [-0.15, -0.1) is 0 Å². The SMILES string of the molecule is O=[C]C(C#Cc1ccccc1)c1ccccc1O. The smallest absolute Gasteiger partial charge is 0.219 e. The van der Waals surface area contributed by atoms with Gasteiger partial charge in [0.15, 0.2) is 0 Å². The summed E-state index contributed by atoms with van der Waals surface area (Å²) in [6.07, 6.45) is 1.85. The highest BCUT2D eigenvalue weighted by Crippen LogP contribution is 2.23. The molecule has 18 heavy (non-hydrogen) atoms. The first-order valence-corrected chi connectivity index (χ1v) is 5.53. The Morgan fingerprint density at radius 1 is 0.944 bits per heavy atom. The van der Waals surface area contributed by atoms with Crippen LogP contribution in [0.4, 0.5) is 0 Å². The highest BCUT2D eigenvalue weighted by molar-refractivity contribution is 5.70. The average Bonchev–Trinajstić information content (AvgIpc) is 2.42. The molecule has 1 radical (unpaired) electrons. The van der Waals surface area contributed by atoms with E-state index in [-0.39, 0.29) is 5.75 Å². The van der Waals surface area contributed by atoms with E-state index in [1.165, 1.54) is 6.07 Å². The number of para-hydroxylation sites is 1. The van der Waals surface area contributed by atoms with Crippen molar-refractivity contribution in [2.75, 3.05) is 0 Å². The summed E-state index contributed by atoms with van der Waals surface area (Å²) >= 11 is 0. The maximum Gasteiger partial charge on any atom is 0.219 e.